The smallest absolute Gasteiger partial charge is 0.238 e. The molecule has 0 N–H and O–H groups in total. The lowest BCUT2D eigenvalue weighted by Crippen LogP contribution is -2.24. The van der Waals surface area contributed by atoms with Gasteiger partial charge >= 0.3 is 0 Å². The third kappa shape index (κ3) is 4.51. The van der Waals surface area contributed by atoms with E-state index in [0.717, 1.165) is 6.42 Å². The van der Waals surface area contributed by atoms with Gasteiger partial charge in [0.25, 0.3) is 0 Å². The lowest BCUT2D eigenvalue weighted by molar-refractivity contribution is 0.0576. The first kappa shape index (κ1) is 15.9. The molecule has 100 valence electrons. The molecular weight excluding hydrogens is 248 g/mol. The topological polar surface area (TPSA) is 32.1 Å². The fourth-order valence-corrected chi connectivity index (χ4v) is 2.91. The number of ether oxygens (including phenoxy) is 1. The lowest BCUT2D eigenvalue weighted by Gasteiger charge is -2.22. The molecule has 0 spiro atoms. The van der Waals surface area contributed by atoms with Crippen molar-refractivity contribution in [2.75, 3.05) is 26.4 Å². The first-order chi connectivity index (χ1) is 8.60. The summed E-state index contributed by atoms with van der Waals surface area (Å²) in [7, 11) is 5.00. The lowest BCUT2D eigenvalue weighted by atomic mass is 9.81. The average molecular weight is 269 g/mol. The van der Waals surface area contributed by atoms with Gasteiger partial charge in [-0.3, -0.25) is 0 Å². The van der Waals surface area contributed by atoms with Crippen molar-refractivity contribution in [3.63, 3.8) is 0 Å². The Kier molecular flexibility index (Phi) is 7.18. The Morgan fingerprint density at radius 1 is 1.44 bits per heavy atom. The van der Waals surface area contributed by atoms with E-state index in [9.17, 15) is 0 Å². The van der Waals surface area contributed by atoms with Gasteiger partial charge in [-0.1, -0.05) is 13.8 Å². The number of hydrogen-bond acceptors (Lipinski definition) is 3. The Balaban J connectivity index is 2.30. The van der Waals surface area contributed by atoms with Crippen molar-refractivity contribution in [2.45, 2.75) is 32.4 Å². The number of hydrogen-bond donors (Lipinski definition) is 0. The predicted molar refractivity (Wildman–Crippen MR) is 73.6 cm³/mol. The summed E-state index contributed by atoms with van der Waals surface area (Å²) >= 11 is 0. The van der Waals surface area contributed by atoms with Crippen LogP contribution in [0.1, 0.15) is 20.3 Å². The van der Waals surface area contributed by atoms with Gasteiger partial charge in [-0.15, -0.1) is 0 Å². The number of rotatable bonds is 7. The van der Waals surface area contributed by atoms with Crippen molar-refractivity contribution in [1.82, 2.24) is 0 Å². The minimum Gasteiger partial charge on any atom is -0.384 e. The molecule has 1 aliphatic rings. The molecule has 1 rings (SSSR count). The highest BCUT2D eigenvalue weighted by atomic mass is 31.2. The zero-order chi connectivity index (χ0) is 13.5. The van der Waals surface area contributed by atoms with Crippen LogP contribution in [0.2, 0.25) is 0 Å². The Bertz CT molecular complexity index is 287. The molecule has 0 aliphatic carbocycles. The molecule has 6 heteroatoms. The van der Waals surface area contributed by atoms with Crippen LogP contribution in [0.15, 0.2) is 0 Å². The summed E-state index contributed by atoms with van der Waals surface area (Å²) in [5.74, 6) is 0.640. The maximum Gasteiger partial charge on any atom is 0.238 e. The Hall–Kier alpha value is -0.135. The third-order valence-corrected chi connectivity index (χ3v) is 4.39. The van der Waals surface area contributed by atoms with Crippen LogP contribution in [-0.4, -0.2) is 46.4 Å². The quantitative estimate of drug-likeness (QED) is 0.308. The molecule has 0 saturated carbocycles. The summed E-state index contributed by atoms with van der Waals surface area (Å²) in [4.78, 5) is 3.24. The van der Waals surface area contributed by atoms with Crippen LogP contribution < -0.4 is 0 Å². The van der Waals surface area contributed by atoms with Gasteiger partial charge in [-0.25, -0.2) is 6.57 Å². The maximum absolute atomic E-state index is 6.67. The molecule has 2 unspecified atom stereocenters. The van der Waals surface area contributed by atoms with E-state index < -0.39 is 8.38 Å². The minimum absolute atomic E-state index is 0.182. The molecule has 0 bridgehead atoms. The van der Waals surface area contributed by atoms with E-state index in [4.69, 9.17) is 28.2 Å². The van der Waals surface area contributed by atoms with Crippen LogP contribution >= 0.6 is 8.38 Å². The fraction of sp³-hybridized carbons (Fsp3) is 0.917. The Labute approximate surface area is 113 Å². The van der Waals surface area contributed by atoms with E-state index in [1.165, 1.54) is 0 Å². The summed E-state index contributed by atoms with van der Waals surface area (Å²) in [5, 5.41) is 0. The highest BCUT2D eigenvalue weighted by molar-refractivity contribution is 7.46. The first-order valence-corrected chi connectivity index (χ1v) is 7.96. The second kappa shape index (κ2) is 8.12. The van der Waals surface area contributed by atoms with Crippen molar-refractivity contribution >= 4 is 16.2 Å². The van der Waals surface area contributed by atoms with Crippen molar-refractivity contribution < 1.29 is 13.8 Å². The first-order valence-electron chi connectivity index (χ1n) is 6.34. The van der Waals surface area contributed by atoms with Gasteiger partial charge in [-0.05, 0) is 12.3 Å². The van der Waals surface area contributed by atoms with Gasteiger partial charge in [0.15, 0.2) is 8.38 Å². The predicted octanol–water partition coefficient (Wildman–Crippen LogP) is 2.44. The van der Waals surface area contributed by atoms with Gasteiger partial charge < -0.3 is 18.6 Å². The normalized spacial score (nSPS) is 33.2. The molecule has 2 radical (unpaired) electrons. The third-order valence-electron chi connectivity index (χ3n) is 3.33. The van der Waals surface area contributed by atoms with Crippen LogP contribution in [0.25, 0.3) is 4.85 Å². The SMILES string of the molecule is [B][C@@H]1O[C@H](CC)[C@H](COP(C)OCC[N+]#[C-])C1C. The highest BCUT2D eigenvalue weighted by Gasteiger charge is 2.38. The van der Waals surface area contributed by atoms with Crippen molar-refractivity contribution in [3.05, 3.63) is 11.4 Å². The Morgan fingerprint density at radius 2 is 2.17 bits per heavy atom. The minimum atomic E-state index is -0.905. The second-order valence-corrected chi connectivity index (χ2v) is 5.92. The van der Waals surface area contributed by atoms with E-state index in [1.807, 2.05) is 6.66 Å². The summed E-state index contributed by atoms with van der Waals surface area (Å²) in [5.41, 5.74) is 0. The van der Waals surface area contributed by atoms with Crippen LogP contribution in [0.5, 0.6) is 0 Å². The molecule has 18 heavy (non-hydrogen) atoms. The highest BCUT2D eigenvalue weighted by Crippen LogP contribution is 2.39. The largest absolute Gasteiger partial charge is 0.384 e. The zero-order valence-corrected chi connectivity index (χ0v) is 12.2. The van der Waals surface area contributed by atoms with E-state index in [1.54, 1.807) is 0 Å². The zero-order valence-electron chi connectivity index (χ0n) is 11.3. The average Bonchev–Trinajstić information content (AvgIpc) is 2.63. The van der Waals surface area contributed by atoms with Gasteiger partial charge in [0, 0.05) is 18.6 Å². The monoisotopic (exact) mass is 269 g/mol. The molecule has 0 aromatic heterocycles. The summed E-state index contributed by atoms with van der Waals surface area (Å²) in [6.07, 6.45) is 1.13. The van der Waals surface area contributed by atoms with Crippen molar-refractivity contribution in [3.8, 4) is 0 Å². The van der Waals surface area contributed by atoms with Crippen LogP contribution in [-0.2, 0) is 13.8 Å². The van der Waals surface area contributed by atoms with Gasteiger partial charge in [0.05, 0.1) is 12.7 Å². The van der Waals surface area contributed by atoms with E-state index in [-0.39, 0.29) is 12.1 Å². The molecule has 4 nitrogen and oxygen atoms in total. The molecule has 0 amide bonds. The standard InChI is InChI=1S/C12H21BNO3P/c1-5-11-10(9(2)12(13)17-11)8-16-18(4)15-7-6-14-3/h9-12H,5-8H2,1-2,4H3/t9?,10-,11-,12-,18?/m1/s1. The second-order valence-electron chi connectivity index (χ2n) is 4.52. The molecule has 1 fully saturated rings. The molecule has 0 aromatic carbocycles. The van der Waals surface area contributed by atoms with Gasteiger partial charge in [-0.2, -0.15) is 0 Å². The van der Waals surface area contributed by atoms with E-state index in [0.29, 0.717) is 31.6 Å². The van der Waals surface area contributed by atoms with Crippen LogP contribution in [0.4, 0.5) is 0 Å². The van der Waals surface area contributed by atoms with E-state index >= 15 is 0 Å². The molecular formula is C12H21BNO3P. The summed E-state index contributed by atoms with van der Waals surface area (Å²) in [6.45, 7) is 14.2. The maximum atomic E-state index is 6.67. The van der Waals surface area contributed by atoms with Crippen LogP contribution in [0, 0.1) is 18.4 Å². The van der Waals surface area contributed by atoms with Crippen molar-refractivity contribution in [2.24, 2.45) is 11.8 Å². The summed E-state index contributed by atoms with van der Waals surface area (Å²) in [6, 6.07) is -0.185. The van der Waals surface area contributed by atoms with Gasteiger partial charge in [0.1, 0.15) is 14.5 Å². The van der Waals surface area contributed by atoms with Crippen LogP contribution in [0.3, 0.4) is 0 Å². The molecule has 1 aliphatic heterocycles. The molecule has 1 saturated heterocycles. The fourth-order valence-electron chi connectivity index (χ4n) is 2.11. The molecule has 0 aromatic rings. The molecule has 5 atom stereocenters. The molecule has 1 heterocycles. The van der Waals surface area contributed by atoms with E-state index in [2.05, 4.69) is 18.7 Å². The van der Waals surface area contributed by atoms with Crippen molar-refractivity contribution in [1.29, 1.82) is 0 Å². The Morgan fingerprint density at radius 3 is 2.78 bits per heavy atom. The number of nitrogens with zero attached hydrogens (tertiary/aromatic N) is 1. The van der Waals surface area contributed by atoms with Gasteiger partial charge in [0.2, 0.25) is 6.54 Å². The summed E-state index contributed by atoms with van der Waals surface area (Å²) < 4.78 is 16.8.